The lowest BCUT2D eigenvalue weighted by Crippen LogP contribution is -2.39. The van der Waals surface area contributed by atoms with Crippen LogP contribution in [0.5, 0.6) is 0 Å². The molecule has 0 radical (unpaired) electrons. The molecule has 9 nitrogen and oxygen atoms in total. The Balaban J connectivity index is 1.59. The Morgan fingerprint density at radius 3 is 2.39 bits per heavy atom. The van der Waals surface area contributed by atoms with Crippen LogP contribution in [0, 0.1) is 0 Å². The normalized spacial score (nSPS) is 11.2. The second-order valence-corrected chi connectivity index (χ2v) is 9.33. The molecule has 3 amide bonds. The second-order valence-electron chi connectivity index (χ2n) is 7.56. The molecule has 3 rings (SSSR count). The number of benzene rings is 2. The van der Waals surface area contributed by atoms with Crippen molar-refractivity contribution in [2.75, 3.05) is 5.32 Å². The van der Waals surface area contributed by atoms with Gasteiger partial charge in [0.05, 0.1) is 17.7 Å². The fourth-order valence-electron chi connectivity index (χ4n) is 2.88. The number of sulfonamides is 1. The molecule has 2 aromatic carbocycles. The van der Waals surface area contributed by atoms with Crippen LogP contribution in [-0.4, -0.2) is 26.4 Å². The molecule has 0 spiro atoms. The summed E-state index contributed by atoms with van der Waals surface area (Å²) in [6.07, 6.45) is 1.46. The van der Waals surface area contributed by atoms with Gasteiger partial charge >= 0.3 is 6.03 Å². The largest absolute Gasteiger partial charge is 0.468 e. The lowest BCUT2D eigenvalue weighted by molar-refractivity contribution is 0.102. The number of carbonyl (C=O) groups excluding carboxylic acids is 2. The molecule has 0 aliphatic heterocycles. The lowest BCUT2D eigenvalue weighted by atomic mass is 10.1. The average Bonchev–Trinajstić information content (AvgIpc) is 3.30. The average molecular weight is 471 g/mol. The van der Waals surface area contributed by atoms with Gasteiger partial charge in [0.2, 0.25) is 10.0 Å². The van der Waals surface area contributed by atoms with Crippen LogP contribution in [-0.2, 0) is 23.1 Å². The number of urea groups is 1. The SMILES string of the molecule is CC(C)NC(=O)NCc1ccc(C(=O)Nc2cccc(S(=O)(=O)NCc3ccco3)c2)cc1. The van der Waals surface area contributed by atoms with Crippen LogP contribution in [0.1, 0.15) is 35.5 Å². The summed E-state index contributed by atoms with van der Waals surface area (Å²) < 4.78 is 32.7. The standard InChI is InChI=1S/C23H26N4O5S/c1-16(2)26-23(29)24-14-17-8-10-18(11-9-17)22(28)27-19-5-3-7-21(13-19)33(30,31)25-15-20-6-4-12-32-20/h3-13,16,25H,14-15H2,1-2H3,(H,27,28)(H2,24,26,29). The quantitative estimate of drug-likeness (QED) is 0.382. The van der Waals surface area contributed by atoms with Gasteiger partial charge in [0.25, 0.3) is 5.91 Å². The van der Waals surface area contributed by atoms with Gasteiger partial charge < -0.3 is 20.4 Å². The number of amides is 3. The molecule has 0 aliphatic rings. The lowest BCUT2D eigenvalue weighted by Gasteiger charge is -2.11. The first kappa shape index (κ1) is 24.0. The Morgan fingerprint density at radius 2 is 1.73 bits per heavy atom. The van der Waals surface area contributed by atoms with Crippen molar-refractivity contribution in [3.05, 3.63) is 83.8 Å². The molecule has 0 saturated heterocycles. The minimum Gasteiger partial charge on any atom is -0.468 e. The Bertz CT molecular complexity index is 1190. The van der Waals surface area contributed by atoms with E-state index in [1.165, 1.54) is 18.4 Å². The first-order valence-corrected chi connectivity index (χ1v) is 11.8. The highest BCUT2D eigenvalue weighted by atomic mass is 32.2. The third-order valence-electron chi connectivity index (χ3n) is 4.51. The van der Waals surface area contributed by atoms with Gasteiger partial charge in [-0.1, -0.05) is 18.2 Å². The van der Waals surface area contributed by atoms with E-state index >= 15 is 0 Å². The first-order valence-electron chi connectivity index (χ1n) is 10.3. The topological polar surface area (TPSA) is 130 Å². The molecule has 0 atom stereocenters. The zero-order chi connectivity index (χ0) is 23.8. The van der Waals surface area contributed by atoms with Crippen molar-refractivity contribution < 1.29 is 22.4 Å². The number of rotatable bonds is 9. The number of hydrogen-bond donors (Lipinski definition) is 4. The molecule has 10 heteroatoms. The number of anilines is 1. The Morgan fingerprint density at radius 1 is 0.970 bits per heavy atom. The molecule has 0 fully saturated rings. The summed E-state index contributed by atoms with van der Waals surface area (Å²) in [4.78, 5) is 24.3. The highest BCUT2D eigenvalue weighted by molar-refractivity contribution is 7.89. The predicted molar refractivity (Wildman–Crippen MR) is 124 cm³/mol. The van der Waals surface area contributed by atoms with E-state index in [0.29, 0.717) is 23.6 Å². The van der Waals surface area contributed by atoms with E-state index in [2.05, 4.69) is 20.7 Å². The van der Waals surface area contributed by atoms with Crippen molar-refractivity contribution in [1.29, 1.82) is 0 Å². The van der Waals surface area contributed by atoms with E-state index in [1.807, 2.05) is 13.8 Å². The summed E-state index contributed by atoms with van der Waals surface area (Å²) in [5.74, 6) is 0.104. The minimum atomic E-state index is -3.79. The third kappa shape index (κ3) is 7.19. The molecule has 4 N–H and O–H groups in total. The van der Waals surface area contributed by atoms with Crippen LogP contribution < -0.4 is 20.7 Å². The maximum absolute atomic E-state index is 12.6. The Labute approximate surface area is 192 Å². The van der Waals surface area contributed by atoms with Crippen molar-refractivity contribution in [3.63, 3.8) is 0 Å². The zero-order valence-corrected chi connectivity index (χ0v) is 19.1. The minimum absolute atomic E-state index is 0.0201. The van der Waals surface area contributed by atoms with Gasteiger partial charge in [-0.3, -0.25) is 4.79 Å². The molecular weight excluding hydrogens is 444 g/mol. The maximum Gasteiger partial charge on any atom is 0.315 e. The first-order chi connectivity index (χ1) is 15.7. The summed E-state index contributed by atoms with van der Waals surface area (Å²) in [6.45, 7) is 4.09. The van der Waals surface area contributed by atoms with Crippen molar-refractivity contribution >= 4 is 27.6 Å². The molecule has 1 heterocycles. The van der Waals surface area contributed by atoms with Crippen LogP contribution in [0.25, 0.3) is 0 Å². The van der Waals surface area contributed by atoms with Crippen LogP contribution >= 0.6 is 0 Å². The zero-order valence-electron chi connectivity index (χ0n) is 18.3. The third-order valence-corrected chi connectivity index (χ3v) is 5.91. The van der Waals surface area contributed by atoms with E-state index in [9.17, 15) is 18.0 Å². The van der Waals surface area contributed by atoms with Crippen LogP contribution in [0.2, 0.25) is 0 Å². The van der Waals surface area contributed by atoms with Crippen molar-refractivity contribution in [2.24, 2.45) is 0 Å². The number of carbonyl (C=O) groups is 2. The van der Waals surface area contributed by atoms with Crippen molar-refractivity contribution in [2.45, 2.75) is 37.9 Å². The van der Waals surface area contributed by atoms with Gasteiger partial charge in [0, 0.05) is 23.8 Å². The number of hydrogen-bond acceptors (Lipinski definition) is 5. The second kappa shape index (κ2) is 10.8. The predicted octanol–water partition coefficient (Wildman–Crippen LogP) is 3.22. The van der Waals surface area contributed by atoms with Gasteiger partial charge in [0.15, 0.2) is 0 Å². The van der Waals surface area contributed by atoms with E-state index in [4.69, 9.17) is 4.42 Å². The highest BCUT2D eigenvalue weighted by Crippen LogP contribution is 2.17. The summed E-state index contributed by atoms with van der Waals surface area (Å²) >= 11 is 0. The molecular formula is C23H26N4O5S. The van der Waals surface area contributed by atoms with Gasteiger partial charge in [-0.25, -0.2) is 17.9 Å². The smallest absolute Gasteiger partial charge is 0.315 e. The van der Waals surface area contributed by atoms with Crippen molar-refractivity contribution in [1.82, 2.24) is 15.4 Å². The molecule has 3 aromatic rings. The maximum atomic E-state index is 12.6. The van der Waals surface area contributed by atoms with E-state index in [1.54, 1.807) is 48.5 Å². The van der Waals surface area contributed by atoms with Gasteiger partial charge in [-0.15, -0.1) is 0 Å². The number of furan rings is 1. The Hall–Kier alpha value is -3.63. The summed E-state index contributed by atoms with van der Waals surface area (Å²) in [6, 6.07) is 15.9. The Kier molecular flexibility index (Phi) is 7.86. The molecule has 0 aliphatic carbocycles. The van der Waals surface area contributed by atoms with Crippen LogP contribution in [0.4, 0.5) is 10.5 Å². The molecule has 174 valence electrons. The van der Waals surface area contributed by atoms with E-state index in [-0.39, 0.29) is 29.4 Å². The summed E-state index contributed by atoms with van der Waals surface area (Å²) in [5, 5.41) is 8.18. The summed E-state index contributed by atoms with van der Waals surface area (Å²) in [7, 11) is -3.79. The molecule has 0 unspecified atom stereocenters. The van der Waals surface area contributed by atoms with Crippen molar-refractivity contribution in [3.8, 4) is 0 Å². The van der Waals surface area contributed by atoms with Gasteiger partial charge in [-0.05, 0) is 61.9 Å². The van der Waals surface area contributed by atoms with Gasteiger partial charge in [0.1, 0.15) is 5.76 Å². The fourth-order valence-corrected chi connectivity index (χ4v) is 3.92. The molecule has 1 aromatic heterocycles. The van der Waals surface area contributed by atoms with Gasteiger partial charge in [-0.2, -0.15) is 0 Å². The molecule has 0 saturated carbocycles. The summed E-state index contributed by atoms with van der Waals surface area (Å²) in [5.41, 5.74) is 1.58. The molecule has 33 heavy (non-hydrogen) atoms. The van der Waals surface area contributed by atoms with E-state index < -0.39 is 10.0 Å². The number of nitrogens with one attached hydrogen (secondary N) is 4. The monoisotopic (exact) mass is 470 g/mol. The van der Waals surface area contributed by atoms with E-state index in [0.717, 1.165) is 5.56 Å². The fraction of sp³-hybridized carbons (Fsp3) is 0.217. The highest BCUT2D eigenvalue weighted by Gasteiger charge is 2.16. The van der Waals surface area contributed by atoms with Crippen LogP contribution in [0.3, 0.4) is 0 Å². The molecule has 0 bridgehead atoms. The van der Waals surface area contributed by atoms with Crippen LogP contribution in [0.15, 0.2) is 76.2 Å².